The van der Waals surface area contributed by atoms with Crippen LogP contribution < -0.4 is 5.43 Å². The zero-order valence-corrected chi connectivity index (χ0v) is 7.06. The monoisotopic (exact) mass is 142 g/mol. The quantitative estimate of drug-likeness (QED) is 0.638. The number of hydrazine groups is 1. The summed E-state index contributed by atoms with van der Waals surface area (Å²) in [5.41, 5.74) is 3.34. The first kappa shape index (κ1) is 8.02. The molecule has 1 unspecified atom stereocenters. The largest absolute Gasteiger partial charge is 0.255 e. The predicted molar refractivity (Wildman–Crippen MR) is 43.6 cm³/mol. The van der Waals surface area contributed by atoms with Crippen LogP contribution in [0, 0.1) is 5.92 Å². The lowest BCUT2D eigenvalue weighted by molar-refractivity contribution is 0.232. The van der Waals surface area contributed by atoms with Gasteiger partial charge in [0.15, 0.2) is 0 Å². The Bertz CT molecular complexity index is 93.3. The van der Waals surface area contributed by atoms with E-state index in [1.165, 1.54) is 25.9 Å². The highest BCUT2D eigenvalue weighted by molar-refractivity contribution is 4.71. The van der Waals surface area contributed by atoms with Crippen LogP contribution in [0.1, 0.15) is 26.7 Å². The van der Waals surface area contributed by atoms with E-state index >= 15 is 0 Å². The molecule has 0 aromatic carbocycles. The van der Waals surface area contributed by atoms with Crippen LogP contribution in [-0.2, 0) is 0 Å². The molecule has 0 bridgehead atoms. The van der Waals surface area contributed by atoms with Crippen LogP contribution in [0.3, 0.4) is 0 Å². The van der Waals surface area contributed by atoms with Crippen LogP contribution in [0.25, 0.3) is 0 Å². The summed E-state index contributed by atoms with van der Waals surface area (Å²) in [4.78, 5) is 0. The molecule has 2 heteroatoms. The Labute approximate surface area is 63.6 Å². The molecule has 1 N–H and O–H groups in total. The first-order chi connectivity index (χ1) is 4.86. The van der Waals surface area contributed by atoms with Crippen molar-refractivity contribution < 1.29 is 0 Å². The molecule has 0 aliphatic carbocycles. The molecule has 10 heavy (non-hydrogen) atoms. The lowest BCUT2D eigenvalue weighted by Gasteiger charge is -2.15. The molecule has 0 saturated carbocycles. The van der Waals surface area contributed by atoms with Gasteiger partial charge in [-0.05, 0) is 12.3 Å². The van der Waals surface area contributed by atoms with Crippen LogP contribution in [-0.4, -0.2) is 24.6 Å². The standard InChI is InChI=1S/C8H18N2/c1-3-8-5-6-10(7-8)9-4-2/h8-9H,3-7H2,1-2H3. The normalized spacial score (nSPS) is 27.6. The maximum Gasteiger partial charge on any atom is 0.0159 e. The van der Waals surface area contributed by atoms with E-state index in [4.69, 9.17) is 0 Å². The minimum atomic E-state index is 0.944. The Balaban J connectivity index is 2.15. The smallest absolute Gasteiger partial charge is 0.0159 e. The van der Waals surface area contributed by atoms with Gasteiger partial charge in [0.2, 0.25) is 0 Å². The fraction of sp³-hybridized carbons (Fsp3) is 1.00. The van der Waals surface area contributed by atoms with Crippen LogP contribution in [0.15, 0.2) is 0 Å². The summed E-state index contributed by atoms with van der Waals surface area (Å²) in [5.74, 6) is 0.944. The molecule has 0 amide bonds. The summed E-state index contributed by atoms with van der Waals surface area (Å²) in [6, 6.07) is 0. The van der Waals surface area contributed by atoms with E-state index in [9.17, 15) is 0 Å². The number of nitrogens with zero attached hydrogens (tertiary/aromatic N) is 1. The SMILES string of the molecule is CCNN1CCC(CC)C1. The average molecular weight is 142 g/mol. The van der Waals surface area contributed by atoms with Crippen LogP contribution in [0.5, 0.6) is 0 Å². The van der Waals surface area contributed by atoms with E-state index in [2.05, 4.69) is 24.3 Å². The third-order valence-corrected chi connectivity index (χ3v) is 2.24. The first-order valence-electron chi connectivity index (χ1n) is 4.35. The Morgan fingerprint density at radius 2 is 2.30 bits per heavy atom. The third-order valence-electron chi connectivity index (χ3n) is 2.24. The van der Waals surface area contributed by atoms with Gasteiger partial charge in [-0.25, -0.2) is 5.01 Å². The summed E-state index contributed by atoms with van der Waals surface area (Å²) in [7, 11) is 0. The van der Waals surface area contributed by atoms with Gasteiger partial charge >= 0.3 is 0 Å². The number of rotatable bonds is 3. The molecule has 0 radical (unpaired) electrons. The minimum absolute atomic E-state index is 0.944. The minimum Gasteiger partial charge on any atom is -0.255 e. The third kappa shape index (κ3) is 1.96. The summed E-state index contributed by atoms with van der Waals surface area (Å²) in [6.45, 7) is 7.99. The fourth-order valence-corrected chi connectivity index (χ4v) is 1.53. The Morgan fingerprint density at radius 1 is 1.50 bits per heavy atom. The lowest BCUT2D eigenvalue weighted by Crippen LogP contribution is -2.35. The molecule has 1 saturated heterocycles. The van der Waals surface area contributed by atoms with E-state index in [1.54, 1.807) is 0 Å². The predicted octanol–water partition coefficient (Wildman–Crippen LogP) is 1.24. The van der Waals surface area contributed by atoms with E-state index in [1.807, 2.05) is 0 Å². The average Bonchev–Trinajstić information content (AvgIpc) is 2.37. The summed E-state index contributed by atoms with van der Waals surface area (Å²) < 4.78 is 0. The van der Waals surface area contributed by atoms with Gasteiger partial charge in [-0.2, -0.15) is 0 Å². The number of hydrogen-bond donors (Lipinski definition) is 1. The maximum absolute atomic E-state index is 3.34. The highest BCUT2D eigenvalue weighted by Gasteiger charge is 2.19. The van der Waals surface area contributed by atoms with Crippen molar-refractivity contribution in [2.45, 2.75) is 26.7 Å². The Kier molecular flexibility index (Phi) is 3.16. The first-order valence-corrected chi connectivity index (χ1v) is 4.35. The zero-order chi connectivity index (χ0) is 7.40. The van der Waals surface area contributed by atoms with Crippen molar-refractivity contribution in [1.29, 1.82) is 0 Å². The molecule has 0 spiro atoms. The van der Waals surface area contributed by atoms with Crippen LogP contribution >= 0.6 is 0 Å². The van der Waals surface area contributed by atoms with Gasteiger partial charge in [0.05, 0.1) is 0 Å². The van der Waals surface area contributed by atoms with Crippen molar-refractivity contribution in [2.24, 2.45) is 5.92 Å². The molecular formula is C8H18N2. The Morgan fingerprint density at radius 3 is 2.80 bits per heavy atom. The van der Waals surface area contributed by atoms with Crippen molar-refractivity contribution in [1.82, 2.24) is 10.4 Å². The molecular weight excluding hydrogens is 124 g/mol. The van der Waals surface area contributed by atoms with Crippen LogP contribution in [0.2, 0.25) is 0 Å². The van der Waals surface area contributed by atoms with Crippen molar-refractivity contribution in [2.75, 3.05) is 19.6 Å². The van der Waals surface area contributed by atoms with Gasteiger partial charge in [-0.15, -0.1) is 0 Å². The molecule has 1 aliphatic rings. The van der Waals surface area contributed by atoms with Gasteiger partial charge in [0.1, 0.15) is 0 Å². The Hall–Kier alpha value is -0.0800. The van der Waals surface area contributed by atoms with Gasteiger partial charge < -0.3 is 0 Å². The van der Waals surface area contributed by atoms with Crippen LogP contribution in [0.4, 0.5) is 0 Å². The lowest BCUT2D eigenvalue weighted by atomic mass is 10.1. The van der Waals surface area contributed by atoms with E-state index in [-0.39, 0.29) is 0 Å². The molecule has 1 rings (SSSR count). The van der Waals surface area contributed by atoms with Crippen molar-refractivity contribution in [3.63, 3.8) is 0 Å². The summed E-state index contributed by atoms with van der Waals surface area (Å²) in [6.07, 6.45) is 2.71. The van der Waals surface area contributed by atoms with Gasteiger partial charge in [-0.3, -0.25) is 5.43 Å². The van der Waals surface area contributed by atoms with Crippen molar-refractivity contribution in [3.8, 4) is 0 Å². The topological polar surface area (TPSA) is 15.3 Å². The van der Waals surface area contributed by atoms with Gasteiger partial charge in [0, 0.05) is 19.6 Å². The zero-order valence-electron chi connectivity index (χ0n) is 7.06. The van der Waals surface area contributed by atoms with Gasteiger partial charge in [0.25, 0.3) is 0 Å². The van der Waals surface area contributed by atoms with E-state index in [0.717, 1.165) is 12.5 Å². The molecule has 1 heterocycles. The number of nitrogens with one attached hydrogen (secondary N) is 1. The van der Waals surface area contributed by atoms with Gasteiger partial charge in [-0.1, -0.05) is 20.3 Å². The molecule has 0 aromatic heterocycles. The second-order valence-electron chi connectivity index (χ2n) is 3.02. The summed E-state index contributed by atoms with van der Waals surface area (Å²) >= 11 is 0. The highest BCUT2D eigenvalue weighted by Crippen LogP contribution is 2.16. The van der Waals surface area contributed by atoms with Crippen molar-refractivity contribution in [3.05, 3.63) is 0 Å². The molecule has 0 aromatic rings. The second-order valence-corrected chi connectivity index (χ2v) is 3.02. The molecule has 1 aliphatic heterocycles. The molecule has 1 atom stereocenters. The number of hydrogen-bond acceptors (Lipinski definition) is 2. The maximum atomic E-state index is 3.34. The molecule has 2 nitrogen and oxygen atoms in total. The highest BCUT2D eigenvalue weighted by atomic mass is 15.5. The van der Waals surface area contributed by atoms with E-state index in [0.29, 0.717) is 0 Å². The molecule has 1 fully saturated rings. The summed E-state index contributed by atoms with van der Waals surface area (Å²) in [5, 5.41) is 2.34. The second kappa shape index (κ2) is 3.94. The fourth-order valence-electron chi connectivity index (χ4n) is 1.53. The van der Waals surface area contributed by atoms with E-state index < -0.39 is 0 Å². The van der Waals surface area contributed by atoms with Crippen molar-refractivity contribution >= 4 is 0 Å². The molecule has 60 valence electrons.